The Balaban J connectivity index is 2.19. The van der Waals surface area contributed by atoms with E-state index in [9.17, 15) is 19.5 Å². The molecule has 7 heteroatoms. The van der Waals surface area contributed by atoms with Crippen molar-refractivity contribution in [2.75, 3.05) is 0 Å². The van der Waals surface area contributed by atoms with Crippen LogP contribution < -0.4 is 5.32 Å². The molecule has 0 saturated heterocycles. The van der Waals surface area contributed by atoms with Gasteiger partial charge >= 0.3 is 11.9 Å². The van der Waals surface area contributed by atoms with Gasteiger partial charge in [-0.3, -0.25) is 4.79 Å². The largest absolute Gasteiger partial charge is 0.480 e. The summed E-state index contributed by atoms with van der Waals surface area (Å²) in [5.74, 6) is -2.78. The first-order valence-electron chi connectivity index (χ1n) is 5.93. The molecule has 0 spiro atoms. The lowest BCUT2D eigenvalue weighted by molar-refractivity contribution is -0.146. The standard InChI is InChI=1S/C13H13NO6/c1-6(15)9(12(17)18)14-11(16)10-7-4-2-3-5-8(7)13(19)20-10/h2-6,9-10,15H,1H3,(H,14,16)(H,17,18)/t6-,9+,10?/m0/s1. The van der Waals surface area contributed by atoms with Crippen molar-refractivity contribution >= 4 is 17.8 Å². The summed E-state index contributed by atoms with van der Waals surface area (Å²) in [5.41, 5.74) is 0.654. The number of amides is 1. The van der Waals surface area contributed by atoms with Crippen molar-refractivity contribution in [2.45, 2.75) is 25.2 Å². The van der Waals surface area contributed by atoms with Crippen molar-refractivity contribution < 1.29 is 29.3 Å². The van der Waals surface area contributed by atoms with Gasteiger partial charge < -0.3 is 20.3 Å². The van der Waals surface area contributed by atoms with Crippen LogP contribution in [-0.2, 0) is 14.3 Å². The minimum absolute atomic E-state index is 0.275. The summed E-state index contributed by atoms with van der Waals surface area (Å²) in [6.45, 7) is 1.24. The van der Waals surface area contributed by atoms with Gasteiger partial charge in [0, 0.05) is 5.56 Å². The zero-order valence-corrected chi connectivity index (χ0v) is 10.6. The van der Waals surface area contributed by atoms with E-state index in [4.69, 9.17) is 9.84 Å². The third-order valence-electron chi connectivity index (χ3n) is 2.97. The quantitative estimate of drug-likeness (QED) is 0.660. The number of rotatable bonds is 4. The van der Waals surface area contributed by atoms with Crippen LogP contribution in [0.4, 0.5) is 0 Å². The van der Waals surface area contributed by atoms with Crippen molar-refractivity contribution in [3.8, 4) is 0 Å². The van der Waals surface area contributed by atoms with Crippen LogP contribution in [0.2, 0.25) is 0 Å². The monoisotopic (exact) mass is 279 g/mol. The van der Waals surface area contributed by atoms with E-state index in [2.05, 4.69) is 5.32 Å². The van der Waals surface area contributed by atoms with Gasteiger partial charge in [0.2, 0.25) is 6.10 Å². The number of aliphatic hydroxyl groups excluding tert-OH is 1. The Labute approximate surface area is 114 Å². The molecule has 1 aromatic carbocycles. The smallest absolute Gasteiger partial charge is 0.339 e. The molecule has 1 aliphatic heterocycles. The summed E-state index contributed by atoms with van der Waals surface area (Å²) >= 11 is 0. The molecule has 0 bridgehead atoms. The molecular weight excluding hydrogens is 266 g/mol. The van der Waals surface area contributed by atoms with Crippen molar-refractivity contribution in [2.24, 2.45) is 0 Å². The highest BCUT2D eigenvalue weighted by molar-refractivity contribution is 6.00. The molecular formula is C13H13NO6. The fourth-order valence-electron chi connectivity index (χ4n) is 1.96. The molecule has 0 fully saturated rings. The molecule has 1 amide bonds. The van der Waals surface area contributed by atoms with E-state index >= 15 is 0 Å². The molecule has 1 unspecified atom stereocenters. The highest BCUT2D eigenvalue weighted by Crippen LogP contribution is 2.30. The Bertz CT molecular complexity index is 568. The first kappa shape index (κ1) is 14.0. The van der Waals surface area contributed by atoms with Gasteiger partial charge in [0.15, 0.2) is 6.04 Å². The lowest BCUT2D eigenvalue weighted by Gasteiger charge is -2.19. The number of cyclic esters (lactones) is 1. The van der Waals surface area contributed by atoms with Crippen molar-refractivity contribution in [1.82, 2.24) is 5.32 Å². The van der Waals surface area contributed by atoms with Gasteiger partial charge in [-0.1, -0.05) is 18.2 Å². The highest BCUT2D eigenvalue weighted by atomic mass is 16.6. The van der Waals surface area contributed by atoms with Gasteiger partial charge in [-0.2, -0.15) is 0 Å². The van der Waals surface area contributed by atoms with E-state index < -0.39 is 36.1 Å². The SMILES string of the molecule is C[C@H](O)[C@@H](NC(=O)C1OC(=O)c2ccccc21)C(=O)O. The summed E-state index contributed by atoms with van der Waals surface area (Å²) in [7, 11) is 0. The second-order valence-corrected chi connectivity index (χ2v) is 4.44. The first-order chi connectivity index (χ1) is 9.41. The van der Waals surface area contributed by atoms with E-state index in [1.807, 2.05) is 0 Å². The fraction of sp³-hybridized carbons (Fsp3) is 0.308. The van der Waals surface area contributed by atoms with Crippen LogP contribution in [0.1, 0.15) is 28.9 Å². The number of nitrogens with one attached hydrogen (secondary N) is 1. The maximum Gasteiger partial charge on any atom is 0.339 e. The first-order valence-corrected chi connectivity index (χ1v) is 5.93. The summed E-state index contributed by atoms with van der Waals surface area (Å²) in [6.07, 6.45) is -2.47. The van der Waals surface area contributed by atoms with E-state index in [1.54, 1.807) is 18.2 Å². The number of carboxylic acid groups (broad SMARTS) is 1. The predicted octanol–water partition coefficient (Wildman–Crippen LogP) is -0.152. The van der Waals surface area contributed by atoms with Crippen LogP contribution in [0.15, 0.2) is 24.3 Å². The third kappa shape index (κ3) is 2.48. The van der Waals surface area contributed by atoms with Crippen LogP contribution in [0.5, 0.6) is 0 Å². The Morgan fingerprint density at radius 3 is 2.60 bits per heavy atom. The van der Waals surface area contributed by atoms with Gasteiger partial charge in [-0.15, -0.1) is 0 Å². The maximum absolute atomic E-state index is 12.0. The average Bonchev–Trinajstić information content (AvgIpc) is 2.73. The van der Waals surface area contributed by atoms with Gasteiger partial charge in [-0.05, 0) is 13.0 Å². The Morgan fingerprint density at radius 2 is 2.00 bits per heavy atom. The molecule has 106 valence electrons. The number of carboxylic acids is 1. The normalized spacial score (nSPS) is 19.7. The summed E-state index contributed by atoms with van der Waals surface area (Å²) in [4.78, 5) is 34.5. The van der Waals surface area contributed by atoms with E-state index in [1.165, 1.54) is 13.0 Å². The molecule has 0 aromatic heterocycles. The summed E-state index contributed by atoms with van der Waals surface area (Å²) < 4.78 is 4.93. The van der Waals surface area contributed by atoms with Crippen molar-refractivity contribution in [3.63, 3.8) is 0 Å². The van der Waals surface area contributed by atoms with Gasteiger partial charge in [0.1, 0.15) is 0 Å². The lowest BCUT2D eigenvalue weighted by Crippen LogP contribution is -2.49. The fourth-order valence-corrected chi connectivity index (χ4v) is 1.96. The molecule has 1 aromatic rings. The number of carbonyl (C=O) groups excluding carboxylic acids is 2. The lowest BCUT2D eigenvalue weighted by atomic mass is 10.0. The molecule has 0 radical (unpaired) electrons. The number of aliphatic hydroxyl groups is 1. The topological polar surface area (TPSA) is 113 Å². The number of benzene rings is 1. The molecule has 1 heterocycles. The third-order valence-corrected chi connectivity index (χ3v) is 2.97. The second kappa shape index (κ2) is 5.30. The summed E-state index contributed by atoms with van der Waals surface area (Å²) in [5, 5.41) is 20.4. The number of hydrogen-bond acceptors (Lipinski definition) is 5. The minimum atomic E-state index is -1.46. The number of aliphatic carboxylic acids is 1. The second-order valence-electron chi connectivity index (χ2n) is 4.44. The Kier molecular flexibility index (Phi) is 3.71. The maximum atomic E-state index is 12.0. The van der Waals surface area contributed by atoms with Crippen LogP contribution in [0.3, 0.4) is 0 Å². The Morgan fingerprint density at radius 1 is 1.35 bits per heavy atom. The molecule has 3 N–H and O–H groups in total. The van der Waals surface area contributed by atoms with Crippen molar-refractivity contribution in [3.05, 3.63) is 35.4 Å². The van der Waals surface area contributed by atoms with E-state index in [0.29, 0.717) is 5.56 Å². The Hall–Kier alpha value is -2.41. The zero-order chi connectivity index (χ0) is 14.9. The molecule has 1 aliphatic rings. The van der Waals surface area contributed by atoms with Crippen LogP contribution >= 0.6 is 0 Å². The highest BCUT2D eigenvalue weighted by Gasteiger charge is 2.38. The van der Waals surface area contributed by atoms with E-state index in [0.717, 1.165) is 0 Å². The van der Waals surface area contributed by atoms with Gasteiger partial charge in [0.25, 0.3) is 5.91 Å². The number of carbonyl (C=O) groups is 3. The van der Waals surface area contributed by atoms with Crippen LogP contribution in [-0.4, -0.2) is 40.2 Å². The molecule has 7 nitrogen and oxygen atoms in total. The zero-order valence-electron chi connectivity index (χ0n) is 10.6. The minimum Gasteiger partial charge on any atom is -0.480 e. The van der Waals surface area contributed by atoms with Gasteiger partial charge in [-0.25, -0.2) is 9.59 Å². The number of ether oxygens (including phenoxy) is 1. The summed E-state index contributed by atoms with van der Waals surface area (Å²) in [6, 6.07) is 4.89. The van der Waals surface area contributed by atoms with Crippen LogP contribution in [0, 0.1) is 0 Å². The average molecular weight is 279 g/mol. The number of hydrogen-bond donors (Lipinski definition) is 3. The molecule has 2 rings (SSSR count). The van der Waals surface area contributed by atoms with Gasteiger partial charge in [0.05, 0.1) is 11.7 Å². The van der Waals surface area contributed by atoms with E-state index in [-0.39, 0.29) is 5.56 Å². The molecule has 3 atom stereocenters. The number of esters is 1. The van der Waals surface area contributed by atoms with Crippen LogP contribution in [0.25, 0.3) is 0 Å². The van der Waals surface area contributed by atoms with Crippen molar-refractivity contribution in [1.29, 1.82) is 0 Å². The molecule has 0 aliphatic carbocycles. The molecule has 20 heavy (non-hydrogen) atoms. The number of fused-ring (bicyclic) bond motifs is 1. The molecule has 0 saturated carbocycles. The predicted molar refractivity (Wildman–Crippen MR) is 65.8 cm³/mol.